The number of hydrogen-bond donors (Lipinski definition) is 2. The number of hydrogen-bond acceptors (Lipinski definition) is 6. The van der Waals surface area contributed by atoms with E-state index in [-0.39, 0.29) is 12.0 Å². The van der Waals surface area contributed by atoms with E-state index in [1.165, 1.54) is 0 Å². The Hall–Kier alpha value is -2.64. The van der Waals surface area contributed by atoms with E-state index >= 15 is 0 Å². The average Bonchev–Trinajstić information content (AvgIpc) is 2.70. The number of aromatic nitrogens is 1. The zero-order valence-electron chi connectivity index (χ0n) is 16.5. The lowest BCUT2D eigenvalue weighted by atomic mass is 10.2. The normalized spacial score (nSPS) is 14.7. The van der Waals surface area contributed by atoms with E-state index in [0.717, 1.165) is 44.3 Å². The van der Waals surface area contributed by atoms with Crippen LogP contribution in [0.1, 0.15) is 24.2 Å². The number of nitrogens with one attached hydrogen (secondary N) is 2. The molecule has 3 rings (SSSR count). The Balaban J connectivity index is 1.58. The van der Waals surface area contributed by atoms with Crippen molar-refractivity contribution < 1.29 is 14.3 Å². The first-order valence-electron chi connectivity index (χ1n) is 9.69. The van der Waals surface area contributed by atoms with Gasteiger partial charge in [0.2, 0.25) is 0 Å². The number of anilines is 2. The largest absolute Gasteiger partial charge is 0.489 e. The van der Waals surface area contributed by atoms with E-state index in [0.29, 0.717) is 17.9 Å². The van der Waals surface area contributed by atoms with Crippen molar-refractivity contribution >= 4 is 17.4 Å². The number of rotatable bonds is 8. The topological polar surface area (TPSA) is 75.7 Å². The van der Waals surface area contributed by atoms with Crippen molar-refractivity contribution in [1.29, 1.82) is 0 Å². The number of carbonyl (C=O) groups excluding carboxylic acids is 1. The summed E-state index contributed by atoms with van der Waals surface area (Å²) in [7, 11) is 0. The summed E-state index contributed by atoms with van der Waals surface area (Å²) in [6.45, 7) is 8.74. The lowest BCUT2D eigenvalue weighted by Crippen LogP contribution is -2.41. The molecule has 0 atom stereocenters. The van der Waals surface area contributed by atoms with Crippen LogP contribution in [-0.4, -0.2) is 61.3 Å². The van der Waals surface area contributed by atoms with Gasteiger partial charge in [-0.25, -0.2) is 4.98 Å². The molecule has 150 valence electrons. The van der Waals surface area contributed by atoms with Crippen molar-refractivity contribution in [2.45, 2.75) is 20.0 Å². The minimum absolute atomic E-state index is 0.0690. The SMILES string of the molecule is CC(C)Oc1ccccc1Nc1cc(C(=O)NCCN2CCOCC2)ccn1. The monoisotopic (exact) mass is 384 g/mol. The Kier molecular flexibility index (Phi) is 7.22. The molecule has 7 nitrogen and oxygen atoms in total. The van der Waals surface area contributed by atoms with Crippen molar-refractivity contribution in [1.82, 2.24) is 15.2 Å². The summed E-state index contributed by atoms with van der Waals surface area (Å²) in [5, 5.41) is 6.22. The first-order valence-corrected chi connectivity index (χ1v) is 9.69. The Morgan fingerprint density at radius 3 is 2.82 bits per heavy atom. The lowest BCUT2D eigenvalue weighted by molar-refractivity contribution is 0.0383. The van der Waals surface area contributed by atoms with Gasteiger partial charge in [-0.3, -0.25) is 9.69 Å². The molecule has 0 unspecified atom stereocenters. The summed E-state index contributed by atoms with van der Waals surface area (Å²) < 4.78 is 11.2. The van der Waals surface area contributed by atoms with E-state index in [9.17, 15) is 4.79 Å². The highest BCUT2D eigenvalue weighted by Crippen LogP contribution is 2.27. The molecule has 1 aromatic carbocycles. The van der Waals surface area contributed by atoms with Gasteiger partial charge in [-0.2, -0.15) is 0 Å². The van der Waals surface area contributed by atoms with Crippen LogP contribution in [0.2, 0.25) is 0 Å². The van der Waals surface area contributed by atoms with Gasteiger partial charge < -0.3 is 20.1 Å². The minimum Gasteiger partial charge on any atom is -0.489 e. The van der Waals surface area contributed by atoms with Gasteiger partial charge >= 0.3 is 0 Å². The van der Waals surface area contributed by atoms with E-state index in [4.69, 9.17) is 9.47 Å². The number of benzene rings is 1. The Morgan fingerprint density at radius 1 is 1.25 bits per heavy atom. The number of ether oxygens (including phenoxy) is 2. The number of para-hydroxylation sites is 2. The lowest BCUT2D eigenvalue weighted by Gasteiger charge is -2.26. The highest BCUT2D eigenvalue weighted by Gasteiger charge is 2.12. The molecule has 1 aromatic heterocycles. The molecule has 2 aromatic rings. The van der Waals surface area contributed by atoms with Crippen molar-refractivity contribution in [3.63, 3.8) is 0 Å². The fourth-order valence-electron chi connectivity index (χ4n) is 2.96. The van der Waals surface area contributed by atoms with Crippen LogP contribution in [0.4, 0.5) is 11.5 Å². The summed E-state index contributed by atoms with van der Waals surface area (Å²) in [4.78, 5) is 19.1. The number of morpholine rings is 1. The maximum Gasteiger partial charge on any atom is 0.251 e. The molecular formula is C21H28N4O3. The summed E-state index contributed by atoms with van der Waals surface area (Å²) >= 11 is 0. The third kappa shape index (κ3) is 5.94. The first-order chi connectivity index (χ1) is 13.6. The third-order valence-electron chi connectivity index (χ3n) is 4.35. The quantitative estimate of drug-likeness (QED) is 0.729. The molecule has 0 spiro atoms. The standard InChI is InChI=1S/C21H28N4O3/c1-16(2)28-19-6-4-3-5-18(19)24-20-15-17(7-8-22-20)21(26)23-9-10-25-11-13-27-14-12-25/h3-8,15-16H,9-14H2,1-2H3,(H,22,24)(H,23,26). The first kappa shape index (κ1) is 20.1. The molecule has 2 heterocycles. The molecule has 1 amide bonds. The van der Waals surface area contributed by atoms with E-state index in [1.807, 2.05) is 38.1 Å². The second-order valence-corrected chi connectivity index (χ2v) is 6.93. The molecule has 1 saturated heterocycles. The smallest absolute Gasteiger partial charge is 0.251 e. The molecule has 0 aliphatic carbocycles. The van der Waals surface area contributed by atoms with Gasteiger partial charge in [0.1, 0.15) is 11.6 Å². The minimum atomic E-state index is -0.106. The Morgan fingerprint density at radius 2 is 2.04 bits per heavy atom. The van der Waals surface area contributed by atoms with E-state index < -0.39 is 0 Å². The summed E-state index contributed by atoms with van der Waals surface area (Å²) in [6, 6.07) is 11.1. The summed E-state index contributed by atoms with van der Waals surface area (Å²) in [5.41, 5.74) is 1.38. The molecule has 2 N–H and O–H groups in total. The molecule has 1 aliphatic heterocycles. The molecule has 1 fully saturated rings. The fourth-order valence-corrected chi connectivity index (χ4v) is 2.96. The van der Waals surface area contributed by atoms with Gasteiger partial charge in [0.25, 0.3) is 5.91 Å². The van der Waals surface area contributed by atoms with Gasteiger partial charge in [0.05, 0.1) is 25.0 Å². The average molecular weight is 384 g/mol. The van der Waals surface area contributed by atoms with Crippen LogP contribution in [0.25, 0.3) is 0 Å². The van der Waals surface area contributed by atoms with Gasteiger partial charge in [-0.15, -0.1) is 0 Å². The highest BCUT2D eigenvalue weighted by atomic mass is 16.5. The van der Waals surface area contributed by atoms with Gasteiger partial charge in [0.15, 0.2) is 0 Å². The number of amides is 1. The van der Waals surface area contributed by atoms with Crippen molar-refractivity contribution in [3.8, 4) is 5.75 Å². The van der Waals surface area contributed by atoms with Crippen molar-refractivity contribution in [2.24, 2.45) is 0 Å². The van der Waals surface area contributed by atoms with Crippen LogP contribution >= 0.6 is 0 Å². The zero-order chi connectivity index (χ0) is 19.8. The molecule has 0 radical (unpaired) electrons. The molecule has 1 aliphatic rings. The number of pyridine rings is 1. The van der Waals surface area contributed by atoms with Crippen LogP contribution in [0, 0.1) is 0 Å². The molecule has 28 heavy (non-hydrogen) atoms. The maximum atomic E-state index is 12.5. The van der Waals surface area contributed by atoms with Crippen LogP contribution in [0.5, 0.6) is 5.75 Å². The number of nitrogens with zero attached hydrogens (tertiary/aromatic N) is 2. The van der Waals surface area contributed by atoms with Crippen LogP contribution < -0.4 is 15.4 Å². The van der Waals surface area contributed by atoms with Crippen LogP contribution in [-0.2, 0) is 4.74 Å². The maximum absolute atomic E-state index is 12.5. The van der Waals surface area contributed by atoms with E-state index in [1.54, 1.807) is 18.3 Å². The van der Waals surface area contributed by atoms with Gasteiger partial charge in [0, 0.05) is 37.9 Å². The van der Waals surface area contributed by atoms with E-state index in [2.05, 4.69) is 20.5 Å². The van der Waals surface area contributed by atoms with Gasteiger partial charge in [-0.1, -0.05) is 12.1 Å². The second-order valence-electron chi connectivity index (χ2n) is 6.93. The number of carbonyl (C=O) groups is 1. The highest BCUT2D eigenvalue weighted by molar-refractivity contribution is 5.94. The second kappa shape index (κ2) is 10.1. The predicted molar refractivity (Wildman–Crippen MR) is 109 cm³/mol. The third-order valence-corrected chi connectivity index (χ3v) is 4.35. The predicted octanol–water partition coefficient (Wildman–Crippen LogP) is 2.67. The summed E-state index contributed by atoms with van der Waals surface area (Å²) in [6.07, 6.45) is 1.70. The van der Waals surface area contributed by atoms with Gasteiger partial charge in [-0.05, 0) is 38.1 Å². The summed E-state index contributed by atoms with van der Waals surface area (Å²) in [5.74, 6) is 1.24. The van der Waals surface area contributed by atoms with Crippen molar-refractivity contribution in [2.75, 3.05) is 44.7 Å². The Labute approximate surface area is 166 Å². The van der Waals surface area contributed by atoms with Crippen LogP contribution in [0.3, 0.4) is 0 Å². The zero-order valence-corrected chi connectivity index (χ0v) is 16.5. The fraction of sp³-hybridized carbons (Fsp3) is 0.429. The Bertz CT molecular complexity index is 776. The molecule has 0 saturated carbocycles. The molecule has 7 heteroatoms. The molecule has 0 bridgehead atoms. The van der Waals surface area contributed by atoms with Crippen LogP contribution in [0.15, 0.2) is 42.6 Å². The van der Waals surface area contributed by atoms with Crippen molar-refractivity contribution in [3.05, 3.63) is 48.2 Å². The molecular weight excluding hydrogens is 356 g/mol.